The first-order valence-electron chi connectivity index (χ1n) is 5.39. The van der Waals surface area contributed by atoms with E-state index < -0.39 is 0 Å². The molecule has 0 atom stereocenters. The van der Waals surface area contributed by atoms with Crippen molar-refractivity contribution in [2.75, 3.05) is 5.32 Å². The third kappa shape index (κ3) is 3.18. The first kappa shape index (κ1) is 12.8. The van der Waals surface area contributed by atoms with E-state index in [1.54, 1.807) is 18.5 Å². The van der Waals surface area contributed by atoms with Crippen molar-refractivity contribution >= 4 is 34.5 Å². The number of halogens is 1. The molecule has 0 aliphatic carbocycles. The Labute approximate surface area is 116 Å². The SMILES string of the molecule is NC(=S)c1ccc(NCc2ccncc2)c(Cl)c1. The second-order valence-corrected chi connectivity index (χ2v) is 4.61. The van der Waals surface area contributed by atoms with Crippen LogP contribution in [0.3, 0.4) is 0 Å². The van der Waals surface area contributed by atoms with Gasteiger partial charge in [-0.1, -0.05) is 23.8 Å². The molecule has 2 rings (SSSR count). The first-order chi connectivity index (χ1) is 8.66. The fourth-order valence-corrected chi connectivity index (χ4v) is 1.88. The lowest BCUT2D eigenvalue weighted by atomic mass is 10.2. The van der Waals surface area contributed by atoms with Gasteiger partial charge in [-0.2, -0.15) is 0 Å². The molecule has 0 saturated heterocycles. The molecule has 1 heterocycles. The zero-order chi connectivity index (χ0) is 13.0. The maximum absolute atomic E-state index is 6.15. The van der Waals surface area contributed by atoms with Gasteiger partial charge >= 0.3 is 0 Å². The molecule has 5 heteroatoms. The molecule has 92 valence electrons. The number of hydrogen-bond donors (Lipinski definition) is 2. The molecule has 0 fully saturated rings. The molecular weight excluding hydrogens is 266 g/mol. The summed E-state index contributed by atoms with van der Waals surface area (Å²) in [6, 6.07) is 9.38. The van der Waals surface area contributed by atoms with Crippen molar-refractivity contribution in [1.29, 1.82) is 0 Å². The van der Waals surface area contributed by atoms with E-state index in [9.17, 15) is 0 Å². The minimum absolute atomic E-state index is 0.345. The van der Waals surface area contributed by atoms with Crippen LogP contribution in [-0.4, -0.2) is 9.97 Å². The predicted molar refractivity (Wildman–Crippen MR) is 78.9 cm³/mol. The van der Waals surface area contributed by atoms with Gasteiger partial charge in [-0.3, -0.25) is 4.98 Å². The Kier molecular flexibility index (Phi) is 4.12. The number of rotatable bonds is 4. The van der Waals surface area contributed by atoms with Gasteiger partial charge in [0, 0.05) is 24.5 Å². The van der Waals surface area contributed by atoms with Gasteiger partial charge in [0.05, 0.1) is 10.7 Å². The van der Waals surface area contributed by atoms with Crippen molar-refractivity contribution < 1.29 is 0 Å². The highest BCUT2D eigenvalue weighted by Gasteiger charge is 2.03. The highest BCUT2D eigenvalue weighted by atomic mass is 35.5. The van der Waals surface area contributed by atoms with Crippen LogP contribution < -0.4 is 11.1 Å². The van der Waals surface area contributed by atoms with Crippen LogP contribution in [0.25, 0.3) is 0 Å². The summed E-state index contributed by atoms with van der Waals surface area (Å²) >= 11 is 11.0. The average molecular weight is 278 g/mol. The highest BCUT2D eigenvalue weighted by molar-refractivity contribution is 7.80. The van der Waals surface area contributed by atoms with E-state index in [1.807, 2.05) is 24.3 Å². The largest absolute Gasteiger partial charge is 0.389 e. The Balaban J connectivity index is 2.08. The molecule has 0 aliphatic rings. The van der Waals surface area contributed by atoms with Crippen molar-refractivity contribution in [3.63, 3.8) is 0 Å². The normalized spacial score (nSPS) is 10.1. The van der Waals surface area contributed by atoms with Gasteiger partial charge in [-0.15, -0.1) is 0 Å². The summed E-state index contributed by atoms with van der Waals surface area (Å²) in [7, 11) is 0. The van der Waals surface area contributed by atoms with Gasteiger partial charge in [-0.25, -0.2) is 0 Å². The van der Waals surface area contributed by atoms with E-state index in [0.717, 1.165) is 16.8 Å². The van der Waals surface area contributed by atoms with Crippen LogP contribution >= 0.6 is 23.8 Å². The second kappa shape index (κ2) is 5.80. The zero-order valence-electron chi connectivity index (χ0n) is 9.56. The second-order valence-electron chi connectivity index (χ2n) is 3.77. The minimum Gasteiger partial charge on any atom is -0.389 e. The van der Waals surface area contributed by atoms with E-state index in [-0.39, 0.29) is 0 Å². The van der Waals surface area contributed by atoms with Gasteiger partial charge in [0.1, 0.15) is 4.99 Å². The van der Waals surface area contributed by atoms with Crippen molar-refractivity contribution in [2.24, 2.45) is 5.73 Å². The van der Waals surface area contributed by atoms with E-state index in [1.165, 1.54) is 0 Å². The fourth-order valence-electron chi connectivity index (χ4n) is 1.51. The van der Waals surface area contributed by atoms with Crippen LogP contribution in [0.4, 0.5) is 5.69 Å². The van der Waals surface area contributed by atoms with Crippen LogP contribution in [-0.2, 0) is 6.54 Å². The number of pyridine rings is 1. The molecule has 18 heavy (non-hydrogen) atoms. The standard InChI is InChI=1S/C13H12ClN3S/c14-11-7-10(13(15)18)1-2-12(11)17-8-9-3-5-16-6-4-9/h1-7,17H,8H2,(H2,15,18). The Hall–Kier alpha value is -1.65. The van der Waals surface area contributed by atoms with Gasteiger partial charge in [-0.05, 0) is 35.9 Å². The highest BCUT2D eigenvalue weighted by Crippen LogP contribution is 2.23. The van der Waals surface area contributed by atoms with E-state index >= 15 is 0 Å². The van der Waals surface area contributed by atoms with Crippen molar-refractivity contribution in [1.82, 2.24) is 4.98 Å². The van der Waals surface area contributed by atoms with Crippen molar-refractivity contribution in [2.45, 2.75) is 6.54 Å². The van der Waals surface area contributed by atoms with E-state index in [2.05, 4.69) is 10.3 Å². The Bertz CT molecular complexity index is 557. The first-order valence-corrected chi connectivity index (χ1v) is 6.17. The Morgan fingerprint density at radius 3 is 2.61 bits per heavy atom. The topological polar surface area (TPSA) is 50.9 Å². The van der Waals surface area contributed by atoms with Gasteiger partial charge in [0.15, 0.2) is 0 Å². The molecule has 1 aromatic carbocycles. The lowest BCUT2D eigenvalue weighted by Crippen LogP contribution is -2.09. The van der Waals surface area contributed by atoms with Crippen molar-refractivity contribution in [3.8, 4) is 0 Å². The van der Waals surface area contributed by atoms with Crippen LogP contribution in [0, 0.1) is 0 Å². The third-order valence-electron chi connectivity index (χ3n) is 2.49. The molecule has 3 nitrogen and oxygen atoms in total. The monoisotopic (exact) mass is 277 g/mol. The summed E-state index contributed by atoms with van der Waals surface area (Å²) < 4.78 is 0. The third-order valence-corrected chi connectivity index (χ3v) is 3.03. The summed E-state index contributed by atoms with van der Waals surface area (Å²) in [4.78, 5) is 4.31. The summed E-state index contributed by atoms with van der Waals surface area (Å²) in [5, 5.41) is 3.86. The number of hydrogen-bond acceptors (Lipinski definition) is 3. The number of anilines is 1. The summed E-state index contributed by atoms with van der Waals surface area (Å²) in [5.74, 6) is 0. The Morgan fingerprint density at radius 2 is 2.00 bits per heavy atom. The number of nitrogens with zero attached hydrogens (tertiary/aromatic N) is 1. The minimum atomic E-state index is 0.345. The maximum Gasteiger partial charge on any atom is 0.104 e. The zero-order valence-corrected chi connectivity index (χ0v) is 11.1. The molecule has 0 bridgehead atoms. The maximum atomic E-state index is 6.15. The number of aromatic nitrogens is 1. The van der Waals surface area contributed by atoms with Crippen LogP contribution in [0.2, 0.25) is 5.02 Å². The number of nitrogens with one attached hydrogen (secondary N) is 1. The number of nitrogens with two attached hydrogens (primary N) is 1. The molecule has 0 spiro atoms. The molecule has 2 aromatic rings. The summed E-state index contributed by atoms with van der Waals surface area (Å²) in [6.07, 6.45) is 3.52. The Morgan fingerprint density at radius 1 is 1.28 bits per heavy atom. The molecule has 0 radical (unpaired) electrons. The molecule has 1 aromatic heterocycles. The van der Waals surface area contributed by atoms with E-state index in [4.69, 9.17) is 29.6 Å². The average Bonchev–Trinajstić information content (AvgIpc) is 2.38. The van der Waals surface area contributed by atoms with Crippen LogP contribution in [0.15, 0.2) is 42.7 Å². The van der Waals surface area contributed by atoms with Gasteiger partial charge in [0.25, 0.3) is 0 Å². The molecule has 0 unspecified atom stereocenters. The van der Waals surface area contributed by atoms with Crippen LogP contribution in [0.5, 0.6) is 0 Å². The molecule has 0 aliphatic heterocycles. The molecule has 3 N–H and O–H groups in total. The summed E-state index contributed by atoms with van der Waals surface area (Å²) in [5.41, 5.74) is 8.30. The number of thiocarbonyl (C=S) groups is 1. The number of benzene rings is 1. The summed E-state index contributed by atoms with van der Waals surface area (Å²) in [6.45, 7) is 0.689. The van der Waals surface area contributed by atoms with E-state index in [0.29, 0.717) is 16.6 Å². The predicted octanol–water partition coefficient (Wildman–Crippen LogP) is 2.98. The van der Waals surface area contributed by atoms with Crippen molar-refractivity contribution in [3.05, 3.63) is 58.9 Å². The molecule has 0 amide bonds. The quantitative estimate of drug-likeness (QED) is 0.844. The molecular formula is C13H12ClN3S. The van der Waals surface area contributed by atoms with Crippen LogP contribution in [0.1, 0.15) is 11.1 Å². The van der Waals surface area contributed by atoms with Gasteiger partial charge in [0.2, 0.25) is 0 Å². The molecule has 0 saturated carbocycles. The smallest absolute Gasteiger partial charge is 0.104 e. The van der Waals surface area contributed by atoms with Gasteiger partial charge < -0.3 is 11.1 Å². The fraction of sp³-hybridized carbons (Fsp3) is 0.0769. The lowest BCUT2D eigenvalue weighted by molar-refractivity contribution is 1.13. The lowest BCUT2D eigenvalue weighted by Gasteiger charge is -2.09.